The molecule has 0 aliphatic rings. The molecule has 2 nitrogen and oxygen atoms in total. The van der Waals surface area contributed by atoms with Crippen molar-refractivity contribution in [2.45, 2.75) is 36.7 Å². The van der Waals surface area contributed by atoms with E-state index in [2.05, 4.69) is 19.1 Å². The maximum Gasteiger partial charge on any atom is 0.105 e. The van der Waals surface area contributed by atoms with Crippen molar-refractivity contribution in [2.75, 3.05) is 0 Å². The van der Waals surface area contributed by atoms with E-state index in [0.717, 1.165) is 37.9 Å². The van der Waals surface area contributed by atoms with Crippen molar-refractivity contribution in [3.63, 3.8) is 0 Å². The van der Waals surface area contributed by atoms with Gasteiger partial charge in [0, 0.05) is 10.5 Å². The van der Waals surface area contributed by atoms with E-state index in [1.165, 1.54) is 0 Å². The molecule has 4 rings (SSSR count). The Balaban J connectivity index is 1.98. The Hall–Kier alpha value is -2.75. The van der Waals surface area contributed by atoms with Gasteiger partial charge in [0.1, 0.15) is 6.10 Å². The fraction of sp³-hybridized carbons (Fsp3) is 0.154. The second-order valence-corrected chi connectivity index (χ2v) is 8.87. The van der Waals surface area contributed by atoms with Crippen LogP contribution in [0, 0.1) is 20.8 Å². The van der Waals surface area contributed by atoms with E-state index in [1.807, 2.05) is 80.6 Å². The first-order valence-corrected chi connectivity index (χ1v) is 10.9. The van der Waals surface area contributed by atoms with Crippen LogP contribution in [0.3, 0.4) is 0 Å². The number of rotatable bonds is 4. The van der Waals surface area contributed by atoms with E-state index in [4.69, 9.17) is 0 Å². The van der Waals surface area contributed by atoms with Gasteiger partial charge in [0.2, 0.25) is 0 Å². The molecule has 1 unspecified atom stereocenters. The van der Waals surface area contributed by atoms with Gasteiger partial charge in [0.15, 0.2) is 0 Å². The maximum absolute atomic E-state index is 14.0. The number of benzene rings is 4. The van der Waals surface area contributed by atoms with Crippen LogP contribution in [0.1, 0.15) is 33.9 Å². The summed E-state index contributed by atoms with van der Waals surface area (Å²) in [6, 6.07) is 25.5. The standard InChI is InChI=1S/C26H24O2S/c1-17-15-18(2)25(19(3)16-17)29(28)26-22-12-8-7-9-20(22)13-14-23(26)24(27)21-10-5-4-6-11-21/h4-16,24,27H,1-3H3/t24-,29?/m1/s1. The van der Waals surface area contributed by atoms with Crippen LogP contribution in [0.2, 0.25) is 0 Å². The molecular weight excluding hydrogens is 376 g/mol. The first-order chi connectivity index (χ1) is 14.0. The summed E-state index contributed by atoms with van der Waals surface area (Å²) in [6.45, 7) is 6.06. The fourth-order valence-corrected chi connectivity index (χ4v) is 5.74. The van der Waals surface area contributed by atoms with E-state index in [-0.39, 0.29) is 0 Å². The zero-order chi connectivity index (χ0) is 20.5. The smallest absolute Gasteiger partial charge is 0.105 e. The largest absolute Gasteiger partial charge is 0.384 e. The Kier molecular flexibility index (Phi) is 5.35. The zero-order valence-corrected chi connectivity index (χ0v) is 17.7. The topological polar surface area (TPSA) is 37.3 Å². The average molecular weight is 401 g/mol. The predicted molar refractivity (Wildman–Crippen MR) is 120 cm³/mol. The molecule has 0 saturated carbocycles. The Bertz CT molecular complexity index is 1190. The molecule has 0 amide bonds. The first kappa shape index (κ1) is 19.6. The van der Waals surface area contributed by atoms with Crippen molar-refractivity contribution in [3.05, 3.63) is 107 Å². The normalized spacial score (nSPS) is 13.4. The number of hydrogen-bond donors (Lipinski definition) is 1. The summed E-state index contributed by atoms with van der Waals surface area (Å²) >= 11 is 0. The summed E-state index contributed by atoms with van der Waals surface area (Å²) in [5.74, 6) is 0. The molecule has 0 spiro atoms. The second-order valence-electron chi connectivity index (χ2n) is 7.51. The molecule has 0 aromatic heterocycles. The van der Waals surface area contributed by atoms with Crippen LogP contribution in [0.15, 0.2) is 88.7 Å². The summed E-state index contributed by atoms with van der Waals surface area (Å²) in [7, 11) is -1.42. The highest BCUT2D eigenvalue weighted by Gasteiger charge is 2.23. The highest BCUT2D eigenvalue weighted by atomic mass is 32.2. The number of aliphatic hydroxyl groups is 1. The lowest BCUT2D eigenvalue weighted by atomic mass is 9.98. The Labute approximate surface area is 174 Å². The van der Waals surface area contributed by atoms with Crippen LogP contribution >= 0.6 is 0 Å². The lowest BCUT2D eigenvalue weighted by Gasteiger charge is -2.20. The fourth-order valence-electron chi connectivity index (χ4n) is 4.06. The van der Waals surface area contributed by atoms with Crippen molar-refractivity contribution in [1.29, 1.82) is 0 Å². The first-order valence-electron chi connectivity index (χ1n) is 9.71. The number of aryl methyl sites for hydroxylation is 3. The molecule has 4 aromatic rings. The van der Waals surface area contributed by atoms with Gasteiger partial charge < -0.3 is 5.11 Å². The molecule has 0 fully saturated rings. The number of aliphatic hydroxyl groups excluding tert-OH is 1. The van der Waals surface area contributed by atoms with Gasteiger partial charge in [-0.05, 0) is 48.2 Å². The van der Waals surface area contributed by atoms with Crippen LogP contribution in [0.4, 0.5) is 0 Å². The van der Waals surface area contributed by atoms with E-state index in [0.29, 0.717) is 10.5 Å². The minimum atomic E-state index is -1.42. The van der Waals surface area contributed by atoms with Crippen molar-refractivity contribution >= 4 is 21.6 Å². The predicted octanol–water partition coefficient (Wildman–Crippen LogP) is 6.01. The molecule has 29 heavy (non-hydrogen) atoms. The number of hydrogen-bond acceptors (Lipinski definition) is 2. The van der Waals surface area contributed by atoms with Crippen molar-refractivity contribution in [1.82, 2.24) is 0 Å². The highest BCUT2D eigenvalue weighted by Crippen LogP contribution is 2.36. The van der Waals surface area contributed by atoms with E-state index >= 15 is 0 Å². The summed E-state index contributed by atoms with van der Waals surface area (Å²) in [5, 5.41) is 13.1. The minimum Gasteiger partial charge on any atom is -0.384 e. The van der Waals surface area contributed by atoms with Crippen LogP contribution in [-0.2, 0) is 10.8 Å². The molecule has 3 heteroatoms. The summed E-state index contributed by atoms with van der Waals surface area (Å²) in [4.78, 5) is 1.52. The quantitative estimate of drug-likeness (QED) is 0.455. The van der Waals surface area contributed by atoms with Gasteiger partial charge in [-0.3, -0.25) is 0 Å². The lowest BCUT2D eigenvalue weighted by Crippen LogP contribution is -2.08. The van der Waals surface area contributed by atoms with E-state index < -0.39 is 16.9 Å². The van der Waals surface area contributed by atoms with Gasteiger partial charge in [-0.15, -0.1) is 0 Å². The Morgan fingerprint density at radius 3 is 2.07 bits per heavy atom. The second kappa shape index (κ2) is 7.94. The van der Waals surface area contributed by atoms with Crippen LogP contribution in [0.25, 0.3) is 10.8 Å². The summed E-state index contributed by atoms with van der Waals surface area (Å²) in [5.41, 5.74) is 4.65. The van der Waals surface area contributed by atoms with Gasteiger partial charge >= 0.3 is 0 Å². The van der Waals surface area contributed by atoms with Crippen molar-refractivity contribution in [3.8, 4) is 0 Å². The molecule has 146 valence electrons. The number of fused-ring (bicyclic) bond motifs is 1. The molecule has 0 aliphatic heterocycles. The Morgan fingerprint density at radius 2 is 1.38 bits per heavy atom. The molecule has 0 bridgehead atoms. The van der Waals surface area contributed by atoms with Gasteiger partial charge in [0.25, 0.3) is 0 Å². The molecule has 0 aliphatic carbocycles. The lowest BCUT2D eigenvalue weighted by molar-refractivity contribution is 0.217. The van der Waals surface area contributed by atoms with Gasteiger partial charge in [-0.2, -0.15) is 0 Å². The van der Waals surface area contributed by atoms with Crippen molar-refractivity contribution in [2.24, 2.45) is 0 Å². The molecule has 2 atom stereocenters. The SMILES string of the molecule is Cc1cc(C)c(S(=O)c2c([C@H](O)c3ccccc3)ccc3ccccc23)c(C)c1. The minimum absolute atomic E-state index is 0.688. The van der Waals surface area contributed by atoms with E-state index in [1.54, 1.807) is 0 Å². The monoisotopic (exact) mass is 400 g/mol. The van der Waals surface area contributed by atoms with Crippen LogP contribution in [0.5, 0.6) is 0 Å². The molecule has 0 heterocycles. The summed E-state index contributed by atoms with van der Waals surface area (Å²) in [6.07, 6.45) is -0.842. The van der Waals surface area contributed by atoms with Crippen LogP contribution < -0.4 is 0 Å². The van der Waals surface area contributed by atoms with Crippen LogP contribution in [-0.4, -0.2) is 9.32 Å². The maximum atomic E-state index is 14.0. The highest BCUT2D eigenvalue weighted by molar-refractivity contribution is 7.85. The van der Waals surface area contributed by atoms with Gasteiger partial charge in [0.05, 0.1) is 15.7 Å². The molecule has 0 radical (unpaired) electrons. The van der Waals surface area contributed by atoms with Gasteiger partial charge in [-0.1, -0.05) is 84.4 Å². The Morgan fingerprint density at radius 1 is 0.759 bits per heavy atom. The van der Waals surface area contributed by atoms with Crippen molar-refractivity contribution < 1.29 is 9.32 Å². The third-order valence-electron chi connectivity index (χ3n) is 5.30. The third kappa shape index (κ3) is 3.64. The molecular formula is C26H24O2S. The molecule has 1 N–H and O–H groups in total. The van der Waals surface area contributed by atoms with E-state index in [9.17, 15) is 9.32 Å². The molecule has 4 aromatic carbocycles. The average Bonchev–Trinajstić information content (AvgIpc) is 2.72. The third-order valence-corrected chi connectivity index (χ3v) is 7.14. The molecule has 0 saturated heterocycles. The van der Waals surface area contributed by atoms with Gasteiger partial charge in [-0.25, -0.2) is 4.21 Å². The zero-order valence-electron chi connectivity index (χ0n) is 16.8. The summed E-state index contributed by atoms with van der Waals surface area (Å²) < 4.78 is 14.0.